The number of amides is 1. The van der Waals surface area contributed by atoms with E-state index in [0.29, 0.717) is 22.8 Å². The molecule has 33 heavy (non-hydrogen) atoms. The fourth-order valence-corrected chi connectivity index (χ4v) is 3.34. The number of anilines is 1. The van der Waals surface area contributed by atoms with Crippen molar-refractivity contribution in [2.75, 3.05) is 5.32 Å². The summed E-state index contributed by atoms with van der Waals surface area (Å²) >= 11 is 0. The third-order valence-corrected chi connectivity index (χ3v) is 4.84. The Hall–Kier alpha value is -4.54. The molecule has 0 radical (unpaired) electrons. The molecule has 0 atom stereocenters. The standard InChI is InChI=1S/C22H15F2N7O2/c1-11-18(33-12(2)27-11)21(32)28-14-5-6-17(23)16(8-14)20-29-22-26-9-13(10-31(22)30-20)15-4-3-7-25-19(15)24/h3-10H,1-2H3,(H,28,32). The molecule has 4 heterocycles. The van der Waals surface area contributed by atoms with Crippen LogP contribution in [0, 0.1) is 25.6 Å². The Labute approximate surface area is 185 Å². The van der Waals surface area contributed by atoms with Gasteiger partial charge in [-0.25, -0.2) is 23.9 Å². The van der Waals surface area contributed by atoms with Crippen LogP contribution in [0.15, 0.2) is 53.3 Å². The zero-order valence-corrected chi connectivity index (χ0v) is 17.4. The highest BCUT2D eigenvalue weighted by Gasteiger charge is 2.18. The van der Waals surface area contributed by atoms with E-state index in [0.717, 1.165) is 0 Å². The molecule has 11 heteroatoms. The fourth-order valence-electron chi connectivity index (χ4n) is 3.34. The van der Waals surface area contributed by atoms with E-state index in [-0.39, 0.29) is 28.5 Å². The van der Waals surface area contributed by atoms with Gasteiger partial charge in [-0.1, -0.05) is 0 Å². The van der Waals surface area contributed by atoms with Crippen LogP contribution in [-0.2, 0) is 0 Å². The van der Waals surface area contributed by atoms with Gasteiger partial charge in [0.05, 0.1) is 11.3 Å². The minimum atomic E-state index is -0.648. The largest absolute Gasteiger partial charge is 0.436 e. The number of hydrogen-bond donors (Lipinski definition) is 1. The maximum atomic E-state index is 14.6. The Morgan fingerprint density at radius 3 is 2.70 bits per heavy atom. The average molecular weight is 447 g/mol. The van der Waals surface area contributed by atoms with Gasteiger partial charge < -0.3 is 9.73 Å². The molecule has 0 fully saturated rings. The lowest BCUT2D eigenvalue weighted by atomic mass is 10.1. The first-order valence-electron chi connectivity index (χ1n) is 9.77. The summed E-state index contributed by atoms with van der Waals surface area (Å²) in [6.45, 7) is 3.29. The van der Waals surface area contributed by atoms with Crippen molar-refractivity contribution >= 4 is 17.4 Å². The van der Waals surface area contributed by atoms with Crippen molar-refractivity contribution < 1.29 is 18.0 Å². The summed E-state index contributed by atoms with van der Waals surface area (Å²) < 4.78 is 35.3. The monoisotopic (exact) mass is 447 g/mol. The fraction of sp³-hybridized carbons (Fsp3) is 0.0909. The molecule has 0 bridgehead atoms. The first-order valence-corrected chi connectivity index (χ1v) is 9.77. The predicted octanol–water partition coefficient (Wildman–Crippen LogP) is 3.99. The van der Waals surface area contributed by atoms with Crippen LogP contribution < -0.4 is 5.32 Å². The van der Waals surface area contributed by atoms with Gasteiger partial charge in [-0.05, 0) is 37.3 Å². The number of carbonyl (C=O) groups excluding carboxylic acids is 1. The highest BCUT2D eigenvalue weighted by Crippen LogP contribution is 2.26. The van der Waals surface area contributed by atoms with E-state index < -0.39 is 17.7 Å². The van der Waals surface area contributed by atoms with Crippen molar-refractivity contribution in [1.29, 1.82) is 0 Å². The molecular weight excluding hydrogens is 432 g/mol. The summed E-state index contributed by atoms with van der Waals surface area (Å²) in [5.41, 5.74) is 1.50. The van der Waals surface area contributed by atoms with E-state index in [1.54, 1.807) is 26.0 Å². The van der Waals surface area contributed by atoms with Crippen LogP contribution in [0.2, 0.25) is 0 Å². The number of rotatable bonds is 4. The number of halogens is 2. The molecule has 1 amide bonds. The molecule has 0 saturated heterocycles. The Kier molecular flexibility index (Phi) is 4.85. The molecule has 0 spiro atoms. The molecule has 0 aliphatic carbocycles. The number of pyridine rings is 1. The van der Waals surface area contributed by atoms with Crippen LogP contribution in [0.25, 0.3) is 28.3 Å². The third-order valence-electron chi connectivity index (χ3n) is 4.84. The Morgan fingerprint density at radius 1 is 1.09 bits per heavy atom. The van der Waals surface area contributed by atoms with Crippen LogP contribution in [-0.4, -0.2) is 35.5 Å². The summed E-state index contributed by atoms with van der Waals surface area (Å²) in [6.07, 6.45) is 4.30. The van der Waals surface area contributed by atoms with E-state index in [9.17, 15) is 13.6 Å². The smallest absolute Gasteiger partial charge is 0.293 e. The Balaban J connectivity index is 1.48. The number of hydrogen-bond acceptors (Lipinski definition) is 7. The number of fused-ring (bicyclic) bond motifs is 1. The van der Waals surface area contributed by atoms with Crippen molar-refractivity contribution in [1.82, 2.24) is 29.5 Å². The molecule has 4 aromatic heterocycles. The van der Waals surface area contributed by atoms with Gasteiger partial charge in [-0.15, -0.1) is 5.10 Å². The Bertz CT molecular complexity index is 1530. The van der Waals surface area contributed by atoms with Gasteiger partial charge >= 0.3 is 0 Å². The van der Waals surface area contributed by atoms with Crippen LogP contribution in [0.1, 0.15) is 22.1 Å². The molecule has 0 saturated carbocycles. The maximum Gasteiger partial charge on any atom is 0.293 e. The number of benzene rings is 1. The molecular formula is C22H15F2N7O2. The second kappa shape index (κ2) is 7.86. The first kappa shape index (κ1) is 20.4. The molecule has 0 aliphatic heterocycles. The van der Waals surface area contributed by atoms with Crippen molar-refractivity contribution in [2.45, 2.75) is 13.8 Å². The summed E-state index contributed by atoms with van der Waals surface area (Å²) in [7, 11) is 0. The molecule has 0 unspecified atom stereocenters. The number of nitrogens with zero attached hydrogens (tertiary/aromatic N) is 6. The summed E-state index contributed by atoms with van der Waals surface area (Å²) in [6, 6.07) is 7.17. The second-order valence-corrected chi connectivity index (χ2v) is 7.16. The van der Waals surface area contributed by atoms with Crippen molar-refractivity contribution in [3.63, 3.8) is 0 Å². The van der Waals surface area contributed by atoms with Gasteiger partial charge in [0.1, 0.15) is 5.82 Å². The van der Waals surface area contributed by atoms with Crippen molar-refractivity contribution in [3.05, 3.63) is 78.0 Å². The first-order chi connectivity index (χ1) is 15.9. The van der Waals surface area contributed by atoms with E-state index in [1.165, 1.54) is 41.3 Å². The highest BCUT2D eigenvalue weighted by molar-refractivity contribution is 6.03. The number of aryl methyl sites for hydroxylation is 2. The number of oxazole rings is 1. The lowest BCUT2D eigenvalue weighted by Crippen LogP contribution is -2.12. The lowest BCUT2D eigenvalue weighted by molar-refractivity contribution is 0.0994. The number of aromatic nitrogens is 6. The van der Waals surface area contributed by atoms with Crippen molar-refractivity contribution in [3.8, 4) is 22.5 Å². The zero-order valence-electron chi connectivity index (χ0n) is 17.4. The summed E-state index contributed by atoms with van der Waals surface area (Å²) in [5, 5.41) is 6.93. The minimum absolute atomic E-state index is 0.0478. The van der Waals surface area contributed by atoms with Gasteiger partial charge in [0.2, 0.25) is 11.7 Å². The predicted molar refractivity (Wildman–Crippen MR) is 113 cm³/mol. The van der Waals surface area contributed by atoms with Crippen LogP contribution in [0.3, 0.4) is 0 Å². The highest BCUT2D eigenvalue weighted by atomic mass is 19.1. The van der Waals surface area contributed by atoms with Crippen molar-refractivity contribution in [2.24, 2.45) is 0 Å². The number of nitrogens with one attached hydrogen (secondary N) is 1. The Morgan fingerprint density at radius 2 is 1.94 bits per heavy atom. The molecule has 5 aromatic rings. The maximum absolute atomic E-state index is 14.6. The SMILES string of the molecule is Cc1nc(C)c(C(=O)Nc2ccc(F)c(-c3nc4ncc(-c5cccnc5F)cn4n3)c2)o1. The van der Waals surface area contributed by atoms with Crippen LogP contribution >= 0.6 is 0 Å². The molecule has 0 aliphatic rings. The van der Waals surface area contributed by atoms with Gasteiger partial charge in [0.15, 0.2) is 11.7 Å². The van der Waals surface area contributed by atoms with E-state index in [2.05, 4.69) is 30.4 Å². The third kappa shape index (κ3) is 3.80. The van der Waals surface area contributed by atoms with Crippen LogP contribution in [0.4, 0.5) is 14.5 Å². The minimum Gasteiger partial charge on any atom is -0.436 e. The molecule has 5 rings (SSSR count). The molecule has 1 aromatic carbocycles. The van der Waals surface area contributed by atoms with Crippen LogP contribution in [0.5, 0.6) is 0 Å². The zero-order chi connectivity index (χ0) is 23.1. The lowest BCUT2D eigenvalue weighted by Gasteiger charge is -2.06. The van der Waals surface area contributed by atoms with Gasteiger partial charge in [-0.3, -0.25) is 4.79 Å². The van der Waals surface area contributed by atoms with Gasteiger partial charge in [0.25, 0.3) is 11.7 Å². The molecule has 9 nitrogen and oxygen atoms in total. The molecule has 1 N–H and O–H groups in total. The molecule has 164 valence electrons. The van der Waals surface area contributed by atoms with E-state index in [1.807, 2.05) is 0 Å². The summed E-state index contributed by atoms with van der Waals surface area (Å²) in [5.74, 6) is -1.07. The van der Waals surface area contributed by atoms with E-state index in [4.69, 9.17) is 4.42 Å². The number of carbonyl (C=O) groups is 1. The normalized spacial score (nSPS) is 11.2. The second-order valence-electron chi connectivity index (χ2n) is 7.16. The van der Waals surface area contributed by atoms with Gasteiger partial charge in [0, 0.05) is 42.3 Å². The van der Waals surface area contributed by atoms with Gasteiger partial charge in [-0.2, -0.15) is 9.37 Å². The summed E-state index contributed by atoms with van der Waals surface area (Å²) in [4.78, 5) is 28.6. The van der Waals surface area contributed by atoms with E-state index >= 15 is 0 Å². The average Bonchev–Trinajstić information content (AvgIpc) is 3.37. The quantitative estimate of drug-likeness (QED) is 0.415. The topological polar surface area (TPSA) is 111 Å².